The average Bonchev–Trinajstić information content (AvgIpc) is 2.17. The lowest BCUT2D eigenvalue weighted by atomic mass is 10.1. The van der Waals surface area contributed by atoms with E-state index < -0.39 is 0 Å². The summed E-state index contributed by atoms with van der Waals surface area (Å²) in [5.41, 5.74) is 2.76. The first kappa shape index (κ1) is 12.6. The highest BCUT2D eigenvalue weighted by atomic mass is 32.2. The van der Waals surface area contributed by atoms with Crippen LogP contribution in [0.25, 0.3) is 0 Å². The lowest BCUT2D eigenvalue weighted by molar-refractivity contribution is 0.550. The van der Waals surface area contributed by atoms with E-state index >= 15 is 0 Å². The Morgan fingerprint density at radius 2 is 2.07 bits per heavy atom. The molecule has 84 valence electrons. The van der Waals surface area contributed by atoms with E-state index in [1.165, 1.54) is 16.0 Å². The lowest BCUT2D eigenvalue weighted by Crippen LogP contribution is -2.19. The summed E-state index contributed by atoms with van der Waals surface area (Å²) in [5, 5.41) is 3.49. The van der Waals surface area contributed by atoms with Crippen molar-refractivity contribution in [1.82, 2.24) is 5.32 Å². The number of hydrogen-bond acceptors (Lipinski definition) is 2. The molecule has 0 aliphatic rings. The number of rotatable bonds is 5. The third-order valence-corrected chi connectivity index (χ3v) is 3.14. The van der Waals surface area contributed by atoms with Crippen molar-refractivity contribution in [3.05, 3.63) is 29.3 Å². The summed E-state index contributed by atoms with van der Waals surface area (Å²) in [5.74, 6) is 0.715. The number of aryl methyl sites for hydroxylation is 1. The molecule has 0 bridgehead atoms. The minimum atomic E-state index is 0.715. The Balaban J connectivity index is 2.62. The van der Waals surface area contributed by atoms with Gasteiger partial charge in [0.2, 0.25) is 0 Å². The maximum atomic E-state index is 3.49. The van der Waals surface area contributed by atoms with Gasteiger partial charge >= 0.3 is 0 Å². The molecule has 1 nitrogen and oxygen atoms in total. The van der Waals surface area contributed by atoms with Gasteiger partial charge in [-0.25, -0.2) is 0 Å². The zero-order valence-corrected chi connectivity index (χ0v) is 10.9. The molecule has 0 unspecified atom stereocenters. The Hall–Kier alpha value is -0.470. The van der Waals surface area contributed by atoms with Crippen LogP contribution < -0.4 is 5.32 Å². The fourth-order valence-corrected chi connectivity index (χ4v) is 2.14. The van der Waals surface area contributed by atoms with Crippen LogP contribution in [0.5, 0.6) is 0 Å². The molecule has 1 aromatic carbocycles. The minimum Gasteiger partial charge on any atom is -0.312 e. The van der Waals surface area contributed by atoms with Crippen molar-refractivity contribution in [2.24, 2.45) is 5.92 Å². The lowest BCUT2D eigenvalue weighted by Gasteiger charge is -2.11. The Morgan fingerprint density at radius 3 is 2.67 bits per heavy atom. The molecular weight excluding hydrogens is 202 g/mol. The second-order valence-electron chi connectivity index (χ2n) is 4.34. The maximum Gasteiger partial charge on any atom is 0.0216 e. The van der Waals surface area contributed by atoms with Crippen LogP contribution in [0.2, 0.25) is 0 Å². The molecule has 0 spiro atoms. The molecular formula is C13H21NS. The standard InChI is InChI=1S/C13H21NS/c1-10(2)8-14-9-12-7-11(3)5-6-13(12)15-4/h5-7,10,14H,8-9H2,1-4H3. The molecule has 0 amide bonds. The van der Waals surface area contributed by atoms with Gasteiger partial charge in [-0.3, -0.25) is 0 Å². The van der Waals surface area contributed by atoms with Gasteiger partial charge in [0, 0.05) is 11.4 Å². The van der Waals surface area contributed by atoms with Crippen molar-refractivity contribution < 1.29 is 0 Å². The zero-order valence-electron chi connectivity index (χ0n) is 10.1. The fraction of sp³-hybridized carbons (Fsp3) is 0.538. The molecule has 0 aliphatic carbocycles. The van der Waals surface area contributed by atoms with Gasteiger partial charge in [-0.2, -0.15) is 0 Å². The highest BCUT2D eigenvalue weighted by Gasteiger charge is 2.01. The van der Waals surface area contributed by atoms with Gasteiger partial charge in [-0.15, -0.1) is 11.8 Å². The summed E-state index contributed by atoms with van der Waals surface area (Å²) in [7, 11) is 0. The van der Waals surface area contributed by atoms with Crippen LogP contribution >= 0.6 is 11.8 Å². The monoisotopic (exact) mass is 223 g/mol. The van der Waals surface area contributed by atoms with Crippen molar-refractivity contribution in [2.75, 3.05) is 12.8 Å². The van der Waals surface area contributed by atoms with Gasteiger partial charge in [0.25, 0.3) is 0 Å². The zero-order chi connectivity index (χ0) is 11.3. The summed E-state index contributed by atoms with van der Waals surface area (Å²) in [6.07, 6.45) is 2.14. The summed E-state index contributed by atoms with van der Waals surface area (Å²) in [6.45, 7) is 8.69. The van der Waals surface area contributed by atoms with E-state index in [1.54, 1.807) is 0 Å². The van der Waals surface area contributed by atoms with E-state index in [0.717, 1.165) is 13.1 Å². The van der Waals surface area contributed by atoms with Gasteiger partial charge in [-0.1, -0.05) is 31.5 Å². The molecule has 1 aromatic rings. The van der Waals surface area contributed by atoms with E-state index in [2.05, 4.69) is 50.5 Å². The van der Waals surface area contributed by atoms with Crippen molar-refractivity contribution in [2.45, 2.75) is 32.2 Å². The molecule has 0 radical (unpaired) electrons. The smallest absolute Gasteiger partial charge is 0.0216 e. The SMILES string of the molecule is CSc1ccc(C)cc1CNCC(C)C. The van der Waals surface area contributed by atoms with E-state index in [9.17, 15) is 0 Å². The molecule has 0 saturated carbocycles. The van der Waals surface area contributed by atoms with Gasteiger partial charge in [0.1, 0.15) is 0 Å². The van der Waals surface area contributed by atoms with Gasteiger partial charge in [0.15, 0.2) is 0 Å². The number of benzene rings is 1. The second-order valence-corrected chi connectivity index (χ2v) is 5.19. The van der Waals surface area contributed by atoms with Crippen molar-refractivity contribution >= 4 is 11.8 Å². The Kier molecular flexibility index (Phi) is 5.20. The predicted octanol–water partition coefficient (Wildman–Crippen LogP) is 3.46. The van der Waals surface area contributed by atoms with E-state index in [-0.39, 0.29) is 0 Å². The van der Waals surface area contributed by atoms with Crippen LogP contribution in [0.4, 0.5) is 0 Å². The van der Waals surface area contributed by atoms with Gasteiger partial charge in [-0.05, 0) is 37.3 Å². The van der Waals surface area contributed by atoms with Crippen LogP contribution in [-0.2, 0) is 6.54 Å². The minimum absolute atomic E-state index is 0.715. The first-order valence-corrected chi connectivity index (χ1v) is 6.70. The third kappa shape index (κ3) is 4.27. The molecule has 1 N–H and O–H groups in total. The molecule has 0 atom stereocenters. The molecule has 1 rings (SSSR count). The van der Waals surface area contributed by atoms with Crippen LogP contribution in [0.15, 0.2) is 23.1 Å². The van der Waals surface area contributed by atoms with E-state index in [1.807, 2.05) is 11.8 Å². The Morgan fingerprint density at radius 1 is 1.33 bits per heavy atom. The topological polar surface area (TPSA) is 12.0 Å². The van der Waals surface area contributed by atoms with Crippen molar-refractivity contribution in [3.63, 3.8) is 0 Å². The van der Waals surface area contributed by atoms with Crippen LogP contribution in [0, 0.1) is 12.8 Å². The van der Waals surface area contributed by atoms with Crippen LogP contribution in [-0.4, -0.2) is 12.8 Å². The largest absolute Gasteiger partial charge is 0.312 e. The van der Waals surface area contributed by atoms with E-state index in [0.29, 0.717) is 5.92 Å². The average molecular weight is 223 g/mol. The molecule has 15 heavy (non-hydrogen) atoms. The molecule has 0 aromatic heterocycles. The predicted molar refractivity (Wildman–Crippen MR) is 69.5 cm³/mol. The molecule has 0 saturated heterocycles. The second kappa shape index (κ2) is 6.19. The number of thioether (sulfide) groups is 1. The quantitative estimate of drug-likeness (QED) is 0.767. The molecule has 0 heterocycles. The summed E-state index contributed by atoms with van der Waals surface area (Å²) < 4.78 is 0. The van der Waals surface area contributed by atoms with Crippen LogP contribution in [0.3, 0.4) is 0 Å². The van der Waals surface area contributed by atoms with E-state index in [4.69, 9.17) is 0 Å². The highest BCUT2D eigenvalue weighted by molar-refractivity contribution is 7.98. The maximum absolute atomic E-state index is 3.49. The van der Waals surface area contributed by atoms with Gasteiger partial charge in [0.05, 0.1) is 0 Å². The number of hydrogen-bond donors (Lipinski definition) is 1. The summed E-state index contributed by atoms with van der Waals surface area (Å²) in [4.78, 5) is 1.39. The normalized spacial score (nSPS) is 11.0. The third-order valence-electron chi connectivity index (χ3n) is 2.30. The molecule has 2 heteroatoms. The van der Waals surface area contributed by atoms with Crippen molar-refractivity contribution in [3.8, 4) is 0 Å². The summed E-state index contributed by atoms with van der Waals surface area (Å²) in [6, 6.07) is 6.67. The Labute approximate surface area is 97.7 Å². The fourth-order valence-electron chi connectivity index (χ4n) is 1.54. The molecule has 0 fully saturated rings. The first-order valence-electron chi connectivity index (χ1n) is 5.47. The molecule has 0 aliphatic heterocycles. The first-order chi connectivity index (χ1) is 7.13. The van der Waals surface area contributed by atoms with Crippen molar-refractivity contribution in [1.29, 1.82) is 0 Å². The van der Waals surface area contributed by atoms with Crippen LogP contribution in [0.1, 0.15) is 25.0 Å². The number of nitrogens with one attached hydrogen (secondary N) is 1. The Bertz CT molecular complexity index is 307. The highest BCUT2D eigenvalue weighted by Crippen LogP contribution is 2.21. The van der Waals surface area contributed by atoms with Gasteiger partial charge < -0.3 is 5.32 Å². The summed E-state index contributed by atoms with van der Waals surface area (Å²) >= 11 is 1.82.